The number of aromatic nitrogens is 1. The van der Waals surface area contributed by atoms with E-state index in [0.29, 0.717) is 11.7 Å². The zero-order valence-electron chi connectivity index (χ0n) is 12.9. The Kier molecular flexibility index (Phi) is 4.15. The number of hydrogen-bond donors (Lipinski definition) is 1. The molecule has 4 rings (SSSR count). The SMILES string of the molecule is O=C(Nc1nc(-c2ccc3c(c2)CCO3)cs1)c1c(F)cccc1Cl. The molecule has 0 radical (unpaired) electrons. The van der Waals surface area contributed by atoms with Crippen LogP contribution in [0.3, 0.4) is 0 Å². The van der Waals surface area contributed by atoms with Crippen molar-refractivity contribution in [2.75, 3.05) is 11.9 Å². The molecule has 2 heterocycles. The highest BCUT2D eigenvalue weighted by Crippen LogP contribution is 2.32. The van der Waals surface area contributed by atoms with Crippen LogP contribution in [0.1, 0.15) is 15.9 Å². The van der Waals surface area contributed by atoms with Gasteiger partial charge in [-0.25, -0.2) is 9.37 Å². The fourth-order valence-corrected chi connectivity index (χ4v) is 3.65. The standard InChI is InChI=1S/C18H12ClFN2O2S/c19-12-2-1-3-13(20)16(12)17(23)22-18-21-14(9-25-18)10-4-5-15-11(8-10)6-7-24-15/h1-5,8-9H,6-7H2,(H,21,22,23). The van der Waals surface area contributed by atoms with Crippen LogP contribution in [0.25, 0.3) is 11.3 Å². The first kappa shape index (κ1) is 16.1. The highest BCUT2D eigenvalue weighted by atomic mass is 35.5. The number of carbonyl (C=O) groups is 1. The first-order valence-electron chi connectivity index (χ1n) is 7.59. The molecule has 0 fully saturated rings. The molecule has 2 aromatic carbocycles. The summed E-state index contributed by atoms with van der Waals surface area (Å²) in [7, 11) is 0. The van der Waals surface area contributed by atoms with Gasteiger partial charge >= 0.3 is 0 Å². The minimum absolute atomic E-state index is 0.0629. The Morgan fingerprint density at radius 2 is 2.20 bits per heavy atom. The predicted octanol–water partition coefficient (Wildman–Crippen LogP) is 4.79. The van der Waals surface area contributed by atoms with Gasteiger partial charge in [0.25, 0.3) is 5.91 Å². The van der Waals surface area contributed by atoms with E-state index in [1.54, 1.807) is 0 Å². The number of nitrogens with one attached hydrogen (secondary N) is 1. The molecule has 1 aromatic heterocycles. The molecule has 0 spiro atoms. The number of rotatable bonds is 3. The van der Waals surface area contributed by atoms with Gasteiger partial charge in [0.05, 0.1) is 22.9 Å². The lowest BCUT2D eigenvalue weighted by atomic mass is 10.1. The van der Waals surface area contributed by atoms with E-state index in [1.165, 1.54) is 29.5 Å². The molecule has 126 valence electrons. The fourth-order valence-electron chi connectivity index (χ4n) is 2.68. The molecule has 25 heavy (non-hydrogen) atoms. The van der Waals surface area contributed by atoms with E-state index in [0.717, 1.165) is 29.0 Å². The van der Waals surface area contributed by atoms with Gasteiger partial charge < -0.3 is 4.74 Å². The molecule has 0 saturated carbocycles. The summed E-state index contributed by atoms with van der Waals surface area (Å²) in [5.41, 5.74) is 2.66. The van der Waals surface area contributed by atoms with Crippen LogP contribution in [-0.4, -0.2) is 17.5 Å². The predicted molar refractivity (Wildman–Crippen MR) is 96.1 cm³/mol. The number of nitrogens with zero attached hydrogens (tertiary/aromatic N) is 1. The van der Waals surface area contributed by atoms with Crippen molar-refractivity contribution in [2.45, 2.75) is 6.42 Å². The van der Waals surface area contributed by atoms with Crippen molar-refractivity contribution in [3.63, 3.8) is 0 Å². The summed E-state index contributed by atoms with van der Waals surface area (Å²) in [5, 5.41) is 4.89. The second-order valence-electron chi connectivity index (χ2n) is 5.51. The number of benzene rings is 2. The van der Waals surface area contributed by atoms with Gasteiger partial charge in [-0.1, -0.05) is 17.7 Å². The average molecular weight is 375 g/mol. The van der Waals surface area contributed by atoms with Gasteiger partial charge in [-0.15, -0.1) is 11.3 Å². The Balaban J connectivity index is 1.57. The lowest BCUT2D eigenvalue weighted by molar-refractivity contribution is 0.102. The molecule has 0 saturated heterocycles. The molecule has 0 atom stereocenters. The minimum Gasteiger partial charge on any atom is -0.493 e. The molecule has 0 aliphatic carbocycles. The summed E-state index contributed by atoms with van der Waals surface area (Å²) in [6.45, 7) is 0.695. The highest BCUT2D eigenvalue weighted by Gasteiger charge is 2.18. The molecule has 1 amide bonds. The van der Waals surface area contributed by atoms with E-state index in [2.05, 4.69) is 10.3 Å². The van der Waals surface area contributed by atoms with Gasteiger partial charge in [0.1, 0.15) is 11.6 Å². The summed E-state index contributed by atoms with van der Waals surface area (Å²) >= 11 is 7.19. The molecule has 4 nitrogen and oxygen atoms in total. The Bertz CT molecular complexity index is 953. The summed E-state index contributed by atoms with van der Waals surface area (Å²) in [4.78, 5) is 16.7. The molecule has 1 aliphatic heterocycles. The van der Waals surface area contributed by atoms with Crippen LogP contribution in [0.4, 0.5) is 9.52 Å². The Labute approximate surface area is 152 Å². The normalized spacial score (nSPS) is 12.6. The lowest BCUT2D eigenvalue weighted by Crippen LogP contribution is -2.14. The smallest absolute Gasteiger partial charge is 0.261 e. The fraction of sp³-hybridized carbons (Fsp3) is 0.111. The van der Waals surface area contributed by atoms with Crippen LogP contribution in [0.15, 0.2) is 41.8 Å². The maximum Gasteiger partial charge on any atom is 0.261 e. The van der Waals surface area contributed by atoms with Gasteiger partial charge in [0.15, 0.2) is 5.13 Å². The van der Waals surface area contributed by atoms with E-state index in [4.69, 9.17) is 16.3 Å². The minimum atomic E-state index is -0.666. The van der Waals surface area contributed by atoms with Crippen molar-refractivity contribution >= 4 is 34.0 Å². The van der Waals surface area contributed by atoms with Gasteiger partial charge in [0, 0.05) is 17.4 Å². The monoisotopic (exact) mass is 374 g/mol. The number of hydrogen-bond acceptors (Lipinski definition) is 4. The van der Waals surface area contributed by atoms with Crippen molar-refractivity contribution in [3.05, 3.63) is 63.7 Å². The van der Waals surface area contributed by atoms with Crippen LogP contribution in [0, 0.1) is 5.82 Å². The summed E-state index contributed by atoms with van der Waals surface area (Å²) in [6.07, 6.45) is 0.878. The summed E-state index contributed by atoms with van der Waals surface area (Å²) in [6, 6.07) is 10.0. The van der Waals surface area contributed by atoms with E-state index >= 15 is 0 Å². The first-order chi connectivity index (χ1) is 12.1. The van der Waals surface area contributed by atoms with Gasteiger partial charge in [-0.05, 0) is 35.9 Å². The van der Waals surface area contributed by atoms with Crippen LogP contribution in [-0.2, 0) is 6.42 Å². The number of thiazole rings is 1. The molecular weight excluding hydrogens is 363 g/mol. The third-order valence-electron chi connectivity index (χ3n) is 3.90. The second-order valence-corrected chi connectivity index (χ2v) is 6.77. The quantitative estimate of drug-likeness (QED) is 0.717. The third-order valence-corrected chi connectivity index (χ3v) is 4.97. The van der Waals surface area contributed by atoms with Crippen molar-refractivity contribution in [1.82, 2.24) is 4.98 Å². The van der Waals surface area contributed by atoms with Gasteiger partial charge in [-0.2, -0.15) is 0 Å². The van der Waals surface area contributed by atoms with Crippen LogP contribution in [0.5, 0.6) is 5.75 Å². The Hall–Kier alpha value is -2.44. The first-order valence-corrected chi connectivity index (χ1v) is 8.84. The Morgan fingerprint density at radius 3 is 3.04 bits per heavy atom. The topological polar surface area (TPSA) is 51.2 Å². The Morgan fingerprint density at radius 1 is 1.32 bits per heavy atom. The van der Waals surface area contributed by atoms with E-state index in [9.17, 15) is 9.18 Å². The molecule has 7 heteroatoms. The van der Waals surface area contributed by atoms with Crippen molar-refractivity contribution in [3.8, 4) is 17.0 Å². The summed E-state index contributed by atoms with van der Waals surface area (Å²) in [5.74, 6) is -0.381. The number of halogens is 2. The maximum atomic E-state index is 13.8. The summed E-state index contributed by atoms with van der Waals surface area (Å²) < 4.78 is 19.3. The van der Waals surface area contributed by atoms with Crippen molar-refractivity contribution in [1.29, 1.82) is 0 Å². The van der Waals surface area contributed by atoms with Gasteiger partial charge in [-0.3, -0.25) is 10.1 Å². The largest absolute Gasteiger partial charge is 0.493 e. The van der Waals surface area contributed by atoms with Gasteiger partial charge in [0.2, 0.25) is 0 Å². The zero-order valence-corrected chi connectivity index (χ0v) is 14.5. The van der Waals surface area contributed by atoms with Crippen LogP contribution < -0.4 is 10.1 Å². The molecule has 1 aliphatic rings. The molecule has 1 N–H and O–H groups in total. The van der Waals surface area contributed by atoms with Crippen molar-refractivity contribution in [2.24, 2.45) is 0 Å². The van der Waals surface area contributed by atoms with E-state index in [-0.39, 0.29) is 10.6 Å². The lowest BCUT2D eigenvalue weighted by Gasteiger charge is -2.05. The molecule has 0 bridgehead atoms. The highest BCUT2D eigenvalue weighted by molar-refractivity contribution is 7.14. The number of fused-ring (bicyclic) bond motifs is 1. The zero-order chi connectivity index (χ0) is 17.4. The number of anilines is 1. The molecule has 0 unspecified atom stereocenters. The van der Waals surface area contributed by atoms with E-state index in [1.807, 2.05) is 23.6 Å². The van der Waals surface area contributed by atoms with E-state index < -0.39 is 11.7 Å². The van der Waals surface area contributed by atoms with Crippen molar-refractivity contribution < 1.29 is 13.9 Å². The molecule has 3 aromatic rings. The number of amides is 1. The van der Waals surface area contributed by atoms with Crippen LogP contribution >= 0.6 is 22.9 Å². The number of ether oxygens (including phenoxy) is 1. The van der Waals surface area contributed by atoms with Crippen LogP contribution in [0.2, 0.25) is 5.02 Å². The number of carbonyl (C=O) groups excluding carboxylic acids is 1. The molecular formula is C18H12ClFN2O2S. The maximum absolute atomic E-state index is 13.8. The third kappa shape index (κ3) is 3.10. The average Bonchev–Trinajstić information content (AvgIpc) is 3.22. The second kappa shape index (κ2) is 6.46.